The molecular weight excluding hydrogens is 661 g/mol. The highest BCUT2D eigenvalue weighted by Crippen LogP contribution is 2.32. The molecule has 6 nitrogen and oxygen atoms in total. The normalized spacial score (nSPS) is 11.7. The Labute approximate surface area is 309 Å². The van der Waals surface area contributed by atoms with Crippen LogP contribution < -0.4 is 0 Å². The van der Waals surface area contributed by atoms with Gasteiger partial charge in [0.2, 0.25) is 0 Å². The predicted molar refractivity (Wildman–Crippen MR) is 220 cm³/mol. The summed E-state index contributed by atoms with van der Waals surface area (Å²) >= 11 is 0. The van der Waals surface area contributed by atoms with E-state index < -0.39 is 0 Å². The van der Waals surface area contributed by atoms with E-state index in [0.29, 0.717) is 0 Å². The molecule has 0 saturated carbocycles. The van der Waals surface area contributed by atoms with Crippen molar-refractivity contribution in [3.05, 3.63) is 170 Å². The molecule has 6 heteroatoms. The highest BCUT2D eigenvalue weighted by Gasteiger charge is 2.12. The lowest BCUT2D eigenvalue weighted by Gasteiger charge is -2.10. The zero-order chi connectivity index (χ0) is 35.6. The molecule has 5 aromatic carbocycles. The smallest absolute Gasteiger partial charge is 0.0972 e. The first-order chi connectivity index (χ1) is 26.7. The molecule has 11 rings (SSSR count). The second kappa shape index (κ2) is 12.1. The molecule has 0 aliphatic heterocycles. The van der Waals surface area contributed by atoms with Crippen LogP contribution in [0.15, 0.2) is 170 Å². The van der Waals surface area contributed by atoms with Crippen molar-refractivity contribution < 1.29 is 0 Å². The Balaban J connectivity index is 0.911. The summed E-state index contributed by atoms with van der Waals surface area (Å²) in [5, 5.41) is 6.44. The highest BCUT2D eigenvalue weighted by atomic mass is 14.8. The lowest BCUT2D eigenvalue weighted by Crippen LogP contribution is -1.92. The van der Waals surface area contributed by atoms with E-state index in [-0.39, 0.29) is 0 Å². The lowest BCUT2D eigenvalue weighted by atomic mass is 10.00. The molecule has 250 valence electrons. The van der Waals surface area contributed by atoms with E-state index in [1.807, 2.05) is 36.7 Å². The van der Waals surface area contributed by atoms with Gasteiger partial charge in [-0.3, -0.25) is 9.97 Å². The van der Waals surface area contributed by atoms with Crippen LogP contribution in [0.2, 0.25) is 0 Å². The number of rotatable bonds is 4. The number of nitrogens with zero attached hydrogens (tertiary/aromatic N) is 6. The topological polar surface area (TPSA) is 77.3 Å². The standard InChI is InChI=1S/C48H28N6/c1-4-36(27-37(5-1)41-19-15-32-11-9-30-6-2-24-49-45(30)47(32)53-41)39-21-18-38-26-34(17-20-40(38)51-39)35-13-8-29-14-22-42(52-44(29)28-35)43-23-16-33-12-10-31-7-3-25-50-46(31)48(33)54-43/h1-28H. The fourth-order valence-electron chi connectivity index (χ4n) is 7.49. The van der Waals surface area contributed by atoms with Crippen LogP contribution in [-0.4, -0.2) is 29.9 Å². The third-order valence-corrected chi connectivity index (χ3v) is 10.3. The lowest BCUT2D eigenvalue weighted by molar-refractivity contribution is 1.31. The fourth-order valence-corrected chi connectivity index (χ4v) is 7.49. The Bertz CT molecular complexity index is 3300. The summed E-state index contributed by atoms with van der Waals surface area (Å²) in [6, 6.07) is 54.5. The molecule has 0 saturated heterocycles. The van der Waals surface area contributed by atoms with Gasteiger partial charge in [0.1, 0.15) is 0 Å². The number of fused-ring (bicyclic) bond motifs is 8. The monoisotopic (exact) mass is 688 g/mol. The maximum atomic E-state index is 5.09. The molecule has 0 amide bonds. The number of aromatic nitrogens is 6. The molecular formula is C48H28N6. The highest BCUT2D eigenvalue weighted by molar-refractivity contribution is 6.04. The third kappa shape index (κ3) is 5.12. The van der Waals surface area contributed by atoms with E-state index in [1.54, 1.807) is 0 Å². The van der Waals surface area contributed by atoms with Crippen molar-refractivity contribution in [2.24, 2.45) is 0 Å². The van der Waals surface area contributed by atoms with Crippen molar-refractivity contribution >= 4 is 65.4 Å². The minimum atomic E-state index is 0.825. The molecule has 0 atom stereocenters. The minimum Gasteiger partial charge on any atom is -0.254 e. The summed E-state index contributed by atoms with van der Waals surface area (Å²) in [7, 11) is 0. The number of hydrogen-bond acceptors (Lipinski definition) is 6. The van der Waals surface area contributed by atoms with E-state index in [9.17, 15) is 0 Å². The van der Waals surface area contributed by atoms with Crippen molar-refractivity contribution in [1.82, 2.24) is 29.9 Å². The Morgan fingerprint density at radius 1 is 0.259 bits per heavy atom. The van der Waals surface area contributed by atoms with Crippen molar-refractivity contribution in [3.63, 3.8) is 0 Å². The van der Waals surface area contributed by atoms with Crippen molar-refractivity contribution in [2.45, 2.75) is 0 Å². The summed E-state index contributed by atoms with van der Waals surface area (Å²) in [6.45, 7) is 0. The Morgan fingerprint density at radius 3 is 1.44 bits per heavy atom. The number of pyridine rings is 6. The van der Waals surface area contributed by atoms with Gasteiger partial charge in [0.25, 0.3) is 0 Å². The van der Waals surface area contributed by atoms with Gasteiger partial charge in [-0.2, -0.15) is 0 Å². The molecule has 6 heterocycles. The SMILES string of the molecule is c1cc(-c2ccc3cc(-c4ccc5ccc(-c6ccc7ccc8cccnc8c7n6)nc5c4)ccc3n2)cc(-c2ccc3ccc4cccnc4c3n2)c1. The first kappa shape index (κ1) is 30.2. The summed E-state index contributed by atoms with van der Waals surface area (Å²) in [5.41, 5.74) is 13.2. The maximum absolute atomic E-state index is 5.09. The first-order valence-corrected chi connectivity index (χ1v) is 17.9. The van der Waals surface area contributed by atoms with Crippen LogP contribution in [0.4, 0.5) is 0 Å². The van der Waals surface area contributed by atoms with Gasteiger partial charge in [0.15, 0.2) is 0 Å². The van der Waals surface area contributed by atoms with E-state index in [1.165, 1.54) is 0 Å². The van der Waals surface area contributed by atoms with Crippen molar-refractivity contribution in [1.29, 1.82) is 0 Å². The second-order valence-electron chi connectivity index (χ2n) is 13.6. The van der Waals surface area contributed by atoms with Gasteiger partial charge in [-0.1, -0.05) is 97.1 Å². The van der Waals surface area contributed by atoms with E-state index >= 15 is 0 Å². The zero-order valence-corrected chi connectivity index (χ0v) is 28.8. The van der Waals surface area contributed by atoms with Gasteiger partial charge >= 0.3 is 0 Å². The molecule has 0 fully saturated rings. The van der Waals surface area contributed by atoms with Crippen molar-refractivity contribution in [3.8, 4) is 45.0 Å². The summed E-state index contributed by atoms with van der Waals surface area (Å²) in [6.07, 6.45) is 3.64. The molecule has 11 aromatic rings. The largest absolute Gasteiger partial charge is 0.254 e. The summed E-state index contributed by atoms with van der Waals surface area (Å²) < 4.78 is 0. The van der Waals surface area contributed by atoms with E-state index in [2.05, 4.69) is 143 Å². The fraction of sp³-hybridized carbons (Fsp3) is 0. The summed E-state index contributed by atoms with van der Waals surface area (Å²) in [5.74, 6) is 0. The van der Waals surface area contributed by atoms with Crippen LogP contribution in [-0.2, 0) is 0 Å². The van der Waals surface area contributed by atoms with E-state index in [4.69, 9.17) is 19.9 Å². The quantitative estimate of drug-likeness (QED) is 0.171. The molecule has 0 aliphatic carbocycles. The Kier molecular flexibility index (Phi) is 6.75. The number of hydrogen-bond donors (Lipinski definition) is 0. The van der Waals surface area contributed by atoms with Gasteiger partial charge < -0.3 is 0 Å². The van der Waals surface area contributed by atoms with Gasteiger partial charge in [0.05, 0.1) is 55.9 Å². The first-order valence-electron chi connectivity index (χ1n) is 17.9. The van der Waals surface area contributed by atoms with Gasteiger partial charge in [0, 0.05) is 55.8 Å². The predicted octanol–water partition coefficient (Wildman–Crippen LogP) is 11.6. The Hall–Kier alpha value is -7.44. The molecule has 6 aromatic heterocycles. The third-order valence-electron chi connectivity index (χ3n) is 10.3. The summed E-state index contributed by atoms with van der Waals surface area (Å²) in [4.78, 5) is 29.5. The molecule has 0 radical (unpaired) electrons. The minimum absolute atomic E-state index is 0.825. The van der Waals surface area contributed by atoms with Crippen LogP contribution >= 0.6 is 0 Å². The second-order valence-corrected chi connectivity index (χ2v) is 13.6. The van der Waals surface area contributed by atoms with Crippen LogP contribution in [0.25, 0.3) is 110 Å². The van der Waals surface area contributed by atoms with Crippen molar-refractivity contribution in [2.75, 3.05) is 0 Å². The van der Waals surface area contributed by atoms with Crippen LogP contribution in [0, 0.1) is 0 Å². The average Bonchev–Trinajstić information content (AvgIpc) is 3.25. The zero-order valence-electron chi connectivity index (χ0n) is 28.8. The molecule has 0 N–H and O–H groups in total. The molecule has 0 unspecified atom stereocenters. The van der Waals surface area contributed by atoms with Crippen LogP contribution in [0.1, 0.15) is 0 Å². The van der Waals surface area contributed by atoms with Gasteiger partial charge in [-0.25, -0.2) is 19.9 Å². The van der Waals surface area contributed by atoms with E-state index in [0.717, 1.165) is 110 Å². The number of benzene rings is 5. The maximum Gasteiger partial charge on any atom is 0.0972 e. The molecule has 0 aliphatic rings. The average molecular weight is 689 g/mol. The molecule has 0 bridgehead atoms. The molecule has 54 heavy (non-hydrogen) atoms. The Morgan fingerprint density at radius 2 is 0.741 bits per heavy atom. The van der Waals surface area contributed by atoms with Gasteiger partial charge in [-0.05, 0) is 71.8 Å². The van der Waals surface area contributed by atoms with Crippen LogP contribution in [0.5, 0.6) is 0 Å². The molecule has 0 spiro atoms. The van der Waals surface area contributed by atoms with Crippen LogP contribution in [0.3, 0.4) is 0 Å². The van der Waals surface area contributed by atoms with Gasteiger partial charge in [-0.15, -0.1) is 0 Å².